The van der Waals surface area contributed by atoms with Crippen molar-refractivity contribution < 1.29 is 14.3 Å². The number of carbonyl (C=O) groups excluding carboxylic acids is 1. The first-order valence-corrected chi connectivity index (χ1v) is 6.98. The van der Waals surface area contributed by atoms with Crippen LogP contribution in [-0.4, -0.2) is 23.2 Å². The van der Waals surface area contributed by atoms with Gasteiger partial charge in [-0.25, -0.2) is 0 Å². The van der Waals surface area contributed by atoms with Crippen LogP contribution in [0.15, 0.2) is 30.5 Å². The topological polar surface area (TPSA) is 53.4 Å². The molecule has 0 aliphatic heterocycles. The summed E-state index contributed by atoms with van der Waals surface area (Å²) in [6.07, 6.45) is 3.73. The van der Waals surface area contributed by atoms with Crippen molar-refractivity contribution in [2.24, 2.45) is 0 Å². The number of ether oxygens (including phenoxy) is 2. The van der Waals surface area contributed by atoms with E-state index in [0.29, 0.717) is 29.7 Å². The average molecular weight is 288 g/mol. The Morgan fingerprint density at radius 2 is 2.19 bits per heavy atom. The van der Waals surface area contributed by atoms with Crippen LogP contribution in [0, 0.1) is 0 Å². The van der Waals surface area contributed by atoms with Gasteiger partial charge in [0, 0.05) is 12.2 Å². The van der Waals surface area contributed by atoms with E-state index in [2.05, 4.69) is 18.9 Å². The molecule has 1 heterocycles. The van der Waals surface area contributed by atoms with Crippen LogP contribution < -0.4 is 9.47 Å². The molecule has 2 rings (SSSR count). The lowest BCUT2D eigenvalue weighted by molar-refractivity contribution is 0.111. The summed E-state index contributed by atoms with van der Waals surface area (Å²) in [5.41, 5.74) is 1.30. The molecule has 0 spiro atoms. The third-order valence-electron chi connectivity index (χ3n) is 3.43. The lowest BCUT2D eigenvalue weighted by Crippen LogP contribution is -2.06. The Balaban J connectivity index is 2.06. The second-order valence-electron chi connectivity index (χ2n) is 4.85. The molecule has 5 nitrogen and oxygen atoms in total. The van der Waals surface area contributed by atoms with E-state index in [-0.39, 0.29) is 0 Å². The number of aromatic nitrogens is 2. The van der Waals surface area contributed by atoms with Crippen LogP contribution in [0.2, 0.25) is 0 Å². The Morgan fingerprint density at radius 1 is 1.38 bits per heavy atom. The average Bonchev–Trinajstić information content (AvgIpc) is 3.00. The second-order valence-corrected chi connectivity index (χ2v) is 4.85. The van der Waals surface area contributed by atoms with Crippen molar-refractivity contribution in [3.05, 3.63) is 41.7 Å². The largest absolute Gasteiger partial charge is 0.497 e. The Kier molecular flexibility index (Phi) is 4.98. The molecule has 0 aliphatic carbocycles. The van der Waals surface area contributed by atoms with Crippen molar-refractivity contribution in [3.8, 4) is 11.5 Å². The lowest BCUT2D eigenvalue weighted by Gasteiger charge is -2.10. The summed E-state index contributed by atoms with van der Waals surface area (Å²) in [6.45, 7) is 4.57. The summed E-state index contributed by atoms with van der Waals surface area (Å²) in [6, 6.07) is 7.44. The van der Waals surface area contributed by atoms with Gasteiger partial charge in [0.05, 0.1) is 18.4 Å². The molecular weight excluding hydrogens is 268 g/mol. The standard InChI is InChI=1S/C16H20N2O3/c1-4-12(2)18-8-7-14(17-18)11-21-16-6-5-15(20-3)9-13(16)10-19/h5-10,12H,4,11H2,1-3H3. The minimum Gasteiger partial charge on any atom is -0.497 e. The molecule has 1 aromatic carbocycles. The highest BCUT2D eigenvalue weighted by molar-refractivity contribution is 5.80. The van der Waals surface area contributed by atoms with Gasteiger partial charge in [0.15, 0.2) is 6.29 Å². The Morgan fingerprint density at radius 3 is 2.86 bits per heavy atom. The van der Waals surface area contributed by atoms with Crippen molar-refractivity contribution in [1.29, 1.82) is 0 Å². The van der Waals surface area contributed by atoms with Gasteiger partial charge < -0.3 is 9.47 Å². The van der Waals surface area contributed by atoms with Gasteiger partial charge in [0.2, 0.25) is 0 Å². The number of aldehydes is 1. The molecule has 0 amide bonds. The normalized spacial score (nSPS) is 12.0. The molecular formula is C16H20N2O3. The van der Waals surface area contributed by atoms with Gasteiger partial charge in [-0.15, -0.1) is 0 Å². The predicted octanol–water partition coefficient (Wildman–Crippen LogP) is 3.25. The maximum absolute atomic E-state index is 11.1. The molecule has 0 N–H and O–H groups in total. The molecule has 0 saturated carbocycles. The van der Waals surface area contributed by atoms with Crippen molar-refractivity contribution in [2.45, 2.75) is 32.9 Å². The summed E-state index contributed by atoms with van der Waals surface area (Å²) >= 11 is 0. The zero-order chi connectivity index (χ0) is 15.2. The molecule has 0 fully saturated rings. The van der Waals surface area contributed by atoms with Gasteiger partial charge in [-0.05, 0) is 37.6 Å². The summed E-state index contributed by atoms with van der Waals surface area (Å²) in [5, 5.41) is 4.46. The van der Waals surface area contributed by atoms with E-state index >= 15 is 0 Å². The van der Waals surface area contributed by atoms with E-state index in [1.807, 2.05) is 16.9 Å². The van der Waals surface area contributed by atoms with E-state index in [9.17, 15) is 4.79 Å². The summed E-state index contributed by atoms with van der Waals surface area (Å²) in [7, 11) is 1.56. The van der Waals surface area contributed by atoms with E-state index in [0.717, 1.165) is 18.4 Å². The fraction of sp³-hybridized carbons (Fsp3) is 0.375. The van der Waals surface area contributed by atoms with Crippen molar-refractivity contribution in [2.75, 3.05) is 7.11 Å². The predicted molar refractivity (Wildman–Crippen MR) is 79.9 cm³/mol. The monoisotopic (exact) mass is 288 g/mol. The molecule has 112 valence electrons. The number of carbonyl (C=O) groups is 1. The van der Waals surface area contributed by atoms with Crippen molar-refractivity contribution in [1.82, 2.24) is 9.78 Å². The van der Waals surface area contributed by atoms with Gasteiger partial charge in [0.25, 0.3) is 0 Å². The lowest BCUT2D eigenvalue weighted by atomic mass is 10.2. The zero-order valence-corrected chi connectivity index (χ0v) is 12.6. The molecule has 0 saturated heterocycles. The van der Waals surface area contributed by atoms with Crippen LogP contribution in [0.3, 0.4) is 0 Å². The molecule has 0 radical (unpaired) electrons. The molecule has 1 aromatic heterocycles. The highest BCUT2D eigenvalue weighted by Gasteiger charge is 2.08. The first kappa shape index (κ1) is 15.1. The molecule has 2 aromatic rings. The quantitative estimate of drug-likeness (QED) is 0.734. The Hall–Kier alpha value is -2.30. The van der Waals surface area contributed by atoms with Gasteiger partial charge in [-0.3, -0.25) is 9.48 Å². The number of methoxy groups -OCH3 is 1. The molecule has 1 unspecified atom stereocenters. The van der Waals surface area contributed by atoms with Crippen molar-refractivity contribution in [3.63, 3.8) is 0 Å². The highest BCUT2D eigenvalue weighted by Crippen LogP contribution is 2.23. The van der Waals surface area contributed by atoms with Gasteiger partial charge in [-0.1, -0.05) is 6.92 Å². The molecule has 0 aliphatic rings. The number of hydrogen-bond donors (Lipinski definition) is 0. The van der Waals surface area contributed by atoms with E-state index < -0.39 is 0 Å². The fourth-order valence-corrected chi connectivity index (χ4v) is 1.92. The van der Waals surface area contributed by atoms with Crippen LogP contribution >= 0.6 is 0 Å². The molecule has 0 bridgehead atoms. The van der Waals surface area contributed by atoms with E-state index in [1.165, 1.54) is 0 Å². The Labute approximate surface area is 124 Å². The van der Waals surface area contributed by atoms with Crippen LogP contribution in [-0.2, 0) is 6.61 Å². The summed E-state index contributed by atoms with van der Waals surface area (Å²) in [5.74, 6) is 1.16. The summed E-state index contributed by atoms with van der Waals surface area (Å²) < 4.78 is 12.7. The number of hydrogen-bond acceptors (Lipinski definition) is 4. The Bertz CT molecular complexity index is 607. The maximum Gasteiger partial charge on any atom is 0.153 e. The molecule has 5 heteroatoms. The molecule has 1 atom stereocenters. The first-order chi connectivity index (χ1) is 10.2. The van der Waals surface area contributed by atoms with E-state index in [4.69, 9.17) is 9.47 Å². The fourth-order valence-electron chi connectivity index (χ4n) is 1.92. The minimum absolute atomic E-state index is 0.330. The second kappa shape index (κ2) is 6.92. The van der Waals surface area contributed by atoms with Crippen LogP contribution in [0.1, 0.15) is 42.4 Å². The van der Waals surface area contributed by atoms with Crippen LogP contribution in [0.25, 0.3) is 0 Å². The number of benzene rings is 1. The summed E-state index contributed by atoms with van der Waals surface area (Å²) in [4.78, 5) is 11.1. The number of rotatable bonds is 7. The van der Waals surface area contributed by atoms with Crippen LogP contribution in [0.4, 0.5) is 0 Å². The van der Waals surface area contributed by atoms with Crippen LogP contribution in [0.5, 0.6) is 11.5 Å². The zero-order valence-electron chi connectivity index (χ0n) is 12.6. The van der Waals surface area contributed by atoms with Gasteiger partial charge in [-0.2, -0.15) is 5.10 Å². The van der Waals surface area contributed by atoms with Crippen molar-refractivity contribution >= 4 is 6.29 Å². The smallest absolute Gasteiger partial charge is 0.153 e. The highest BCUT2D eigenvalue weighted by atomic mass is 16.5. The third-order valence-corrected chi connectivity index (χ3v) is 3.43. The molecule has 21 heavy (non-hydrogen) atoms. The minimum atomic E-state index is 0.330. The van der Waals surface area contributed by atoms with Gasteiger partial charge >= 0.3 is 0 Å². The maximum atomic E-state index is 11.1. The van der Waals surface area contributed by atoms with Gasteiger partial charge in [0.1, 0.15) is 18.1 Å². The first-order valence-electron chi connectivity index (χ1n) is 6.98. The SMILES string of the molecule is CCC(C)n1ccc(COc2ccc(OC)cc2C=O)n1. The van der Waals surface area contributed by atoms with E-state index in [1.54, 1.807) is 25.3 Å². The number of nitrogens with zero attached hydrogens (tertiary/aromatic N) is 2. The third kappa shape index (κ3) is 3.62.